The highest BCUT2D eigenvalue weighted by Crippen LogP contribution is 2.16. The Labute approximate surface area is 153 Å². The fraction of sp³-hybridized carbons (Fsp3) is 0.450. The minimum Gasteiger partial charge on any atom is -0.452 e. The van der Waals surface area contributed by atoms with Crippen molar-refractivity contribution in [2.45, 2.75) is 47.1 Å². The summed E-state index contributed by atoms with van der Waals surface area (Å²) >= 11 is 0. The molecule has 1 atom stereocenters. The van der Waals surface area contributed by atoms with Gasteiger partial charge in [0, 0.05) is 0 Å². The van der Waals surface area contributed by atoms with Gasteiger partial charge < -0.3 is 14.6 Å². The van der Waals surface area contributed by atoms with Crippen LogP contribution in [-0.2, 0) is 16.0 Å². The van der Waals surface area contributed by atoms with E-state index in [0.29, 0.717) is 17.4 Å². The third kappa shape index (κ3) is 5.18. The maximum Gasteiger partial charge on any atom is 0.344 e. The van der Waals surface area contributed by atoms with Crippen molar-refractivity contribution in [2.75, 3.05) is 6.61 Å². The van der Waals surface area contributed by atoms with E-state index in [1.807, 2.05) is 19.1 Å². The van der Waals surface area contributed by atoms with Crippen molar-refractivity contribution >= 4 is 11.9 Å². The van der Waals surface area contributed by atoms with Crippen LogP contribution in [0.2, 0.25) is 0 Å². The Balaban J connectivity index is 1.86. The van der Waals surface area contributed by atoms with Gasteiger partial charge in [0.15, 0.2) is 6.61 Å². The number of benzene rings is 1. The summed E-state index contributed by atoms with van der Waals surface area (Å²) in [4.78, 5) is 24.1. The second kappa shape index (κ2) is 8.65. The van der Waals surface area contributed by atoms with E-state index >= 15 is 0 Å². The number of esters is 1. The SMILES string of the molecule is Cc1noc(C)c1C(=O)OCC(=O)N[C@H](C)c1ccc(CC(C)C)cc1. The summed E-state index contributed by atoms with van der Waals surface area (Å²) in [6.45, 7) is 9.19. The molecule has 0 unspecified atom stereocenters. The first-order chi connectivity index (χ1) is 12.3. The average molecular weight is 358 g/mol. The zero-order chi connectivity index (χ0) is 19.3. The lowest BCUT2D eigenvalue weighted by molar-refractivity contribution is -0.124. The lowest BCUT2D eigenvalue weighted by Crippen LogP contribution is -2.31. The number of rotatable bonds is 7. The van der Waals surface area contributed by atoms with Crippen LogP contribution in [0.1, 0.15) is 59.8 Å². The van der Waals surface area contributed by atoms with Crippen LogP contribution in [0.5, 0.6) is 0 Å². The zero-order valence-electron chi connectivity index (χ0n) is 16.0. The van der Waals surface area contributed by atoms with Gasteiger partial charge in [0.25, 0.3) is 5.91 Å². The van der Waals surface area contributed by atoms with Crippen molar-refractivity contribution in [2.24, 2.45) is 5.92 Å². The first kappa shape index (κ1) is 19.7. The first-order valence-electron chi connectivity index (χ1n) is 8.76. The number of nitrogens with zero attached hydrogens (tertiary/aromatic N) is 1. The van der Waals surface area contributed by atoms with Crippen LogP contribution in [0, 0.1) is 19.8 Å². The average Bonchev–Trinajstić information content (AvgIpc) is 2.91. The summed E-state index contributed by atoms with van der Waals surface area (Å²) in [5.74, 6) is 0.0130. The number of nitrogens with one attached hydrogen (secondary N) is 1. The Morgan fingerprint density at radius 2 is 1.81 bits per heavy atom. The van der Waals surface area contributed by atoms with Crippen LogP contribution in [0.4, 0.5) is 0 Å². The van der Waals surface area contributed by atoms with E-state index in [4.69, 9.17) is 9.26 Å². The molecular formula is C20H26N2O4. The quantitative estimate of drug-likeness (QED) is 0.766. The molecule has 1 aromatic carbocycles. The van der Waals surface area contributed by atoms with Crippen molar-refractivity contribution in [1.29, 1.82) is 0 Å². The highest BCUT2D eigenvalue weighted by Gasteiger charge is 2.20. The molecule has 26 heavy (non-hydrogen) atoms. The summed E-state index contributed by atoms with van der Waals surface area (Å²) < 4.78 is 9.99. The van der Waals surface area contributed by atoms with E-state index < -0.39 is 5.97 Å². The fourth-order valence-corrected chi connectivity index (χ4v) is 2.76. The van der Waals surface area contributed by atoms with Crippen LogP contribution in [0.3, 0.4) is 0 Å². The van der Waals surface area contributed by atoms with Crippen LogP contribution in [0.15, 0.2) is 28.8 Å². The molecule has 0 saturated heterocycles. The highest BCUT2D eigenvalue weighted by atomic mass is 16.5. The van der Waals surface area contributed by atoms with Gasteiger partial charge in [-0.1, -0.05) is 43.3 Å². The normalized spacial score (nSPS) is 12.1. The molecule has 1 heterocycles. The largest absolute Gasteiger partial charge is 0.452 e. The van der Waals surface area contributed by atoms with Crippen molar-refractivity contribution in [1.82, 2.24) is 10.5 Å². The van der Waals surface area contributed by atoms with Crippen molar-refractivity contribution < 1.29 is 18.8 Å². The van der Waals surface area contributed by atoms with Gasteiger partial charge in [-0.15, -0.1) is 0 Å². The van der Waals surface area contributed by atoms with E-state index in [1.54, 1.807) is 13.8 Å². The number of hydrogen-bond donors (Lipinski definition) is 1. The third-order valence-corrected chi connectivity index (χ3v) is 4.07. The molecule has 0 aliphatic heterocycles. The summed E-state index contributed by atoms with van der Waals surface area (Å²) in [5, 5.41) is 6.53. The fourth-order valence-electron chi connectivity index (χ4n) is 2.76. The van der Waals surface area contributed by atoms with Crippen molar-refractivity contribution in [3.05, 3.63) is 52.4 Å². The van der Waals surface area contributed by atoms with Gasteiger partial charge in [-0.25, -0.2) is 4.79 Å². The monoisotopic (exact) mass is 358 g/mol. The smallest absolute Gasteiger partial charge is 0.344 e. The van der Waals surface area contributed by atoms with Gasteiger partial charge in [-0.2, -0.15) is 0 Å². The lowest BCUT2D eigenvalue weighted by Gasteiger charge is -2.15. The van der Waals surface area contributed by atoms with E-state index in [1.165, 1.54) is 5.56 Å². The second-order valence-electron chi connectivity index (χ2n) is 6.90. The molecule has 1 aromatic heterocycles. The minimum absolute atomic E-state index is 0.173. The maximum atomic E-state index is 12.1. The van der Waals surface area contributed by atoms with Crippen molar-refractivity contribution in [3.63, 3.8) is 0 Å². The Bertz CT molecular complexity index is 743. The van der Waals surface area contributed by atoms with Gasteiger partial charge in [0.2, 0.25) is 0 Å². The van der Waals surface area contributed by atoms with Gasteiger partial charge >= 0.3 is 5.97 Å². The molecule has 0 spiro atoms. The Kier molecular flexibility index (Phi) is 6.55. The van der Waals surface area contributed by atoms with E-state index in [9.17, 15) is 9.59 Å². The molecular weight excluding hydrogens is 332 g/mol. The molecule has 0 radical (unpaired) electrons. The molecule has 0 fully saturated rings. The lowest BCUT2D eigenvalue weighted by atomic mass is 10.00. The standard InChI is InChI=1S/C20H26N2O4/c1-12(2)10-16-6-8-17(9-7-16)13(3)21-18(23)11-25-20(24)19-14(4)22-26-15(19)5/h6-9,12-13H,10-11H2,1-5H3,(H,21,23)/t13-/m1/s1. The van der Waals surface area contributed by atoms with E-state index in [2.05, 4.69) is 36.5 Å². The molecule has 6 heteroatoms. The summed E-state index contributed by atoms with van der Waals surface area (Å²) in [6.07, 6.45) is 1.03. The molecule has 2 rings (SSSR count). The summed E-state index contributed by atoms with van der Waals surface area (Å²) in [6, 6.07) is 8.01. The number of aryl methyl sites for hydroxylation is 2. The van der Waals surface area contributed by atoms with Gasteiger partial charge in [-0.3, -0.25) is 4.79 Å². The number of aromatic nitrogens is 1. The van der Waals surface area contributed by atoms with Crippen LogP contribution >= 0.6 is 0 Å². The van der Waals surface area contributed by atoms with Crippen molar-refractivity contribution in [3.8, 4) is 0 Å². The number of hydrogen-bond acceptors (Lipinski definition) is 5. The molecule has 1 amide bonds. The topological polar surface area (TPSA) is 81.4 Å². The Morgan fingerprint density at radius 1 is 1.15 bits per heavy atom. The highest BCUT2D eigenvalue weighted by molar-refractivity contribution is 5.93. The maximum absolute atomic E-state index is 12.1. The van der Waals surface area contributed by atoms with Crippen LogP contribution in [0.25, 0.3) is 0 Å². The van der Waals surface area contributed by atoms with Gasteiger partial charge in [0.05, 0.1) is 11.7 Å². The predicted molar refractivity (Wildman–Crippen MR) is 97.8 cm³/mol. The molecule has 6 nitrogen and oxygen atoms in total. The molecule has 0 saturated carbocycles. The van der Waals surface area contributed by atoms with E-state index in [-0.39, 0.29) is 24.1 Å². The van der Waals surface area contributed by atoms with Gasteiger partial charge in [-0.05, 0) is 44.2 Å². The molecule has 0 aliphatic rings. The molecule has 1 N–H and O–H groups in total. The van der Waals surface area contributed by atoms with E-state index in [0.717, 1.165) is 12.0 Å². The third-order valence-electron chi connectivity index (χ3n) is 4.07. The Morgan fingerprint density at radius 3 is 2.35 bits per heavy atom. The predicted octanol–water partition coefficient (Wildman–Crippen LogP) is 3.52. The van der Waals surface area contributed by atoms with Crippen LogP contribution < -0.4 is 5.32 Å². The number of amides is 1. The Hall–Kier alpha value is -2.63. The second-order valence-corrected chi connectivity index (χ2v) is 6.90. The molecule has 0 bridgehead atoms. The van der Waals surface area contributed by atoms with Gasteiger partial charge in [0.1, 0.15) is 11.3 Å². The minimum atomic E-state index is -0.609. The number of carbonyl (C=O) groups is 2. The first-order valence-corrected chi connectivity index (χ1v) is 8.76. The summed E-state index contributed by atoms with van der Waals surface area (Å²) in [7, 11) is 0. The molecule has 140 valence electrons. The number of ether oxygens (including phenoxy) is 1. The zero-order valence-corrected chi connectivity index (χ0v) is 16.0. The van der Waals surface area contributed by atoms with Crippen LogP contribution in [-0.4, -0.2) is 23.6 Å². The molecule has 0 aliphatic carbocycles. The molecule has 2 aromatic rings. The number of carbonyl (C=O) groups excluding carboxylic acids is 2. The summed E-state index contributed by atoms with van der Waals surface area (Å²) in [5.41, 5.74) is 2.99.